The SMILES string of the molecule is COc1ccc2c(c1)[n+]([O-])c(C#N)c(NC(=O)C1CCCCC1)[n+]2[O-]. The van der Waals surface area contributed by atoms with Crippen LogP contribution in [-0.4, -0.2) is 13.0 Å². The van der Waals surface area contributed by atoms with Crippen molar-refractivity contribution in [3.63, 3.8) is 0 Å². The second-order valence-electron chi connectivity index (χ2n) is 6.08. The predicted molar refractivity (Wildman–Crippen MR) is 88.3 cm³/mol. The number of nitriles is 1. The molecule has 2 aromatic rings. The summed E-state index contributed by atoms with van der Waals surface area (Å²) in [5.74, 6) is -0.466. The van der Waals surface area contributed by atoms with Gasteiger partial charge in [0.1, 0.15) is 5.75 Å². The van der Waals surface area contributed by atoms with Gasteiger partial charge in [-0.3, -0.25) is 0 Å². The van der Waals surface area contributed by atoms with Crippen LogP contribution in [0.2, 0.25) is 0 Å². The highest BCUT2D eigenvalue weighted by Crippen LogP contribution is 2.25. The maximum atomic E-state index is 12.6. The summed E-state index contributed by atoms with van der Waals surface area (Å²) in [6, 6.07) is 6.06. The lowest BCUT2D eigenvalue weighted by atomic mass is 9.89. The molecule has 130 valence electrons. The van der Waals surface area contributed by atoms with Gasteiger partial charge in [0.15, 0.2) is 6.07 Å². The number of benzene rings is 1. The molecule has 1 saturated carbocycles. The molecule has 1 aromatic heterocycles. The second-order valence-corrected chi connectivity index (χ2v) is 6.08. The first-order valence-electron chi connectivity index (χ1n) is 8.14. The van der Waals surface area contributed by atoms with Crippen LogP contribution >= 0.6 is 0 Å². The van der Waals surface area contributed by atoms with E-state index in [1.165, 1.54) is 25.3 Å². The Hall–Kier alpha value is -3.08. The normalized spacial score (nSPS) is 14.9. The van der Waals surface area contributed by atoms with Crippen molar-refractivity contribution in [3.8, 4) is 11.8 Å². The van der Waals surface area contributed by atoms with Crippen molar-refractivity contribution in [1.29, 1.82) is 5.26 Å². The number of hydrogen-bond donors (Lipinski definition) is 1. The number of hydrogen-bond acceptors (Lipinski definition) is 5. The number of ether oxygens (including phenoxy) is 1. The summed E-state index contributed by atoms with van der Waals surface area (Å²) in [6.45, 7) is 0. The third-order valence-corrected chi connectivity index (χ3v) is 4.57. The zero-order valence-electron chi connectivity index (χ0n) is 13.8. The summed E-state index contributed by atoms with van der Waals surface area (Å²) in [5.41, 5.74) is -0.393. The fraction of sp³-hybridized carbons (Fsp3) is 0.412. The fourth-order valence-electron chi connectivity index (χ4n) is 3.19. The number of fused-ring (bicyclic) bond motifs is 1. The minimum Gasteiger partial charge on any atom is -0.710 e. The predicted octanol–water partition coefficient (Wildman–Crippen LogP) is 1.51. The minimum absolute atomic E-state index is 0.00145. The van der Waals surface area contributed by atoms with E-state index in [0.29, 0.717) is 15.2 Å². The van der Waals surface area contributed by atoms with E-state index in [1.807, 2.05) is 0 Å². The van der Waals surface area contributed by atoms with E-state index >= 15 is 0 Å². The van der Waals surface area contributed by atoms with Gasteiger partial charge in [-0.25, -0.2) is 14.8 Å². The summed E-state index contributed by atoms with van der Waals surface area (Å²) in [4.78, 5) is 12.4. The van der Waals surface area contributed by atoms with Crippen LogP contribution in [0, 0.1) is 27.7 Å². The summed E-state index contributed by atoms with van der Waals surface area (Å²) in [5, 5.41) is 37.0. The Balaban J connectivity index is 2.06. The summed E-state index contributed by atoms with van der Waals surface area (Å²) < 4.78 is 5.82. The van der Waals surface area contributed by atoms with Crippen molar-refractivity contribution in [2.45, 2.75) is 32.1 Å². The van der Waals surface area contributed by atoms with Gasteiger partial charge in [-0.1, -0.05) is 19.3 Å². The van der Waals surface area contributed by atoms with Gasteiger partial charge in [0.25, 0.3) is 5.52 Å². The van der Waals surface area contributed by atoms with Crippen molar-refractivity contribution in [2.75, 3.05) is 12.4 Å². The Morgan fingerprint density at radius 1 is 1.24 bits per heavy atom. The van der Waals surface area contributed by atoms with Gasteiger partial charge in [-0.15, -0.1) is 4.73 Å². The third-order valence-electron chi connectivity index (χ3n) is 4.57. The number of methoxy groups -OCH3 is 1. The zero-order chi connectivity index (χ0) is 18.0. The monoisotopic (exact) mass is 342 g/mol. The number of nitrogens with one attached hydrogen (secondary N) is 1. The first-order chi connectivity index (χ1) is 12.1. The van der Waals surface area contributed by atoms with E-state index in [4.69, 9.17) is 4.74 Å². The second kappa shape index (κ2) is 6.81. The van der Waals surface area contributed by atoms with Crippen LogP contribution in [0.4, 0.5) is 5.82 Å². The average molecular weight is 342 g/mol. The smallest absolute Gasteiger partial charge is 0.386 e. The molecule has 0 spiro atoms. The third kappa shape index (κ3) is 3.01. The van der Waals surface area contributed by atoms with Crippen LogP contribution in [0.3, 0.4) is 0 Å². The number of carbonyl (C=O) groups is 1. The average Bonchev–Trinajstić information content (AvgIpc) is 2.66. The van der Waals surface area contributed by atoms with E-state index in [2.05, 4.69) is 5.32 Å². The van der Waals surface area contributed by atoms with E-state index in [9.17, 15) is 20.5 Å². The molecule has 0 bridgehead atoms. The molecule has 0 atom stereocenters. The van der Waals surface area contributed by atoms with E-state index in [1.54, 1.807) is 6.07 Å². The molecule has 0 unspecified atom stereocenters. The Bertz CT molecular complexity index is 869. The Morgan fingerprint density at radius 2 is 1.96 bits per heavy atom. The van der Waals surface area contributed by atoms with E-state index in [0.717, 1.165) is 32.1 Å². The number of rotatable bonds is 3. The lowest BCUT2D eigenvalue weighted by Gasteiger charge is -2.19. The minimum atomic E-state index is -0.445. The molecular weight excluding hydrogens is 324 g/mol. The number of nitrogens with zero attached hydrogens (tertiary/aromatic N) is 3. The zero-order valence-corrected chi connectivity index (χ0v) is 13.8. The first kappa shape index (κ1) is 16.8. The molecule has 1 N–H and O–H groups in total. The maximum Gasteiger partial charge on any atom is 0.386 e. The van der Waals surface area contributed by atoms with Crippen molar-refractivity contribution in [2.24, 2.45) is 5.92 Å². The molecule has 1 heterocycles. The number of amides is 1. The highest BCUT2D eigenvalue weighted by atomic mass is 16.5. The topological polar surface area (TPSA) is 116 Å². The van der Waals surface area contributed by atoms with Crippen LogP contribution in [0.1, 0.15) is 37.8 Å². The Labute approximate surface area is 144 Å². The van der Waals surface area contributed by atoms with Crippen LogP contribution in [0.15, 0.2) is 18.2 Å². The molecular formula is C17H18N4O4. The molecule has 25 heavy (non-hydrogen) atoms. The lowest BCUT2D eigenvalue weighted by Crippen LogP contribution is -2.45. The standard InChI is InChI=1S/C17H18N4O4/c1-25-12-7-8-13-14(9-12)20(23)15(10-18)16(21(13)24)19-17(22)11-5-3-2-4-6-11/h7-9,11H,2-6H2,1H3,(H,19,22). The van der Waals surface area contributed by atoms with Crippen LogP contribution in [-0.2, 0) is 4.79 Å². The van der Waals surface area contributed by atoms with Crippen molar-refractivity contribution < 1.29 is 19.0 Å². The first-order valence-corrected chi connectivity index (χ1v) is 8.14. The van der Waals surface area contributed by atoms with Gasteiger partial charge in [-0.05, 0) is 25.0 Å². The lowest BCUT2D eigenvalue weighted by molar-refractivity contribution is -0.620. The molecule has 8 nitrogen and oxygen atoms in total. The fourth-order valence-corrected chi connectivity index (χ4v) is 3.19. The molecule has 1 amide bonds. The van der Waals surface area contributed by atoms with Gasteiger partial charge >= 0.3 is 17.4 Å². The van der Waals surface area contributed by atoms with Gasteiger partial charge in [0, 0.05) is 0 Å². The van der Waals surface area contributed by atoms with E-state index in [-0.39, 0.29) is 28.7 Å². The van der Waals surface area contributed by atoms with Crippen LogP contribution < -0.4 is 19.5 Å². The number of carbonyl (C=O) groups excluding carboxylic acids is 1. The Morgan fingerprint density at radius 3 is 2.60 bits per heavy atom. The van der Waals surface area contributed by atoms with Gasteiger partial charge < -0.3 is 15.2 Å². The van der Waals surface area contributed by atoms with Crippen LogP contribution in [0.5, 0.6) is 5.75 Å². The van der Waals surface area contributed by atoms with E-state index < -0.39 is 5.69 Å². The van der Waals surface area contributed by atoms with Gasteiger partial charge in [0.05, 0.1) is 19.1 Å². The molecule has 1 fully saturated rings. The van der Waals surface area contributed by atoms with Crippen molar-refractivity contribution in [3.05, 3.63) is 34.3 Å². The van der Waals surface area contributed by atoms with Crippen molar-refractivity contribution >= 4 is 22.8 Å². The molecule has 1 aromatic carbocycles. The molecule has 1 aliphatic rings. The Kier molecular flexibility index (Phi) is 4.57. The summed E-state index contributed by atoms with van der Waals surface area (Å²) >= 11 is 0. The molecule has 1 aliphatic carbocycles. The highest BCUT2D eigenvalue weighted by molar-refractivity contribution is 5.92. The number of anilines is 1. The van der Waals surface area contributed by atoms with Gasteiger partial charge in [0.2, 0.25) is 5.52 Å². The highest BCUT2D eigenvalue weighted by Gasteiger charge is 2.32. The molecule has 0 radical (unpaired) electrons. The number of aromatic nitrogens is 2. The summed E-state index contributed by atoms with van der Waals surface area (Å²) in [6.07, 6.45) is 4.50. The molecule has 8 heteroatoms. The molecule has 3 rings (SSSR count). The maximum absolute atomic E-state index is 12.6. The molecule has 0 aliphatic heterocycles. The molecule has 0 saturated heterocycles. The largest absolute Gasteiger partial charge is 0.710 e. The quantitative estimate of drug-likeness (QED) is 0.670. The van der Waals surface area contributed by atoms with Crippen molar-refractivity contribution in [1.82, 2.24) is 0 Å². The van der Waals surface area contributed by atoms with Gasteiger partial charge in [-0.2, -0.15) is 5.26 Å². The van der Waals surface area contributed by atoms with Crippen LogP contribution in [0.25, 0.3) is 11.0 Å². The summed E-state index contributed by atoms with van der Waals surface area (Å²) in [7, 11) is 1.44.